The molecule has 0 aliphatic carbocycles. The van der Waals surface area contributed by atoms with E-state index in [9.17, 15) is 0 Å². The number of fused-ring (bicyclic) bond motifs is 1. The van der Waals surface area contributed by atoms with Crippen molar-refractivity contribution in [2.75, 3.05) is 19.8 Å². The third-order valence-electron chi connectivity index (χ3n) is 3.62. The quantitative estimate of drug-likeness (QED) is 0.894. The van der Waals surface area contributed by atoms with Crippen LogP contribution in [0.15, 0.2) is 12.1 Å². The van der Waals surface area contributed by atoms with Crippen LogP contribution in [0, 0.1) is 0 Å². The average molecular weight is 268 g/mol. The molecular weight excluding hydrogens is 250 g/mol. The molecule has 0 saturated carbocycles. The number of rotatable bonds is 2. The number of piperidine rings is 1. The summed E-state index contributed by atoms with van der Waals surface area (Å²) in [4.78, 5) is 0. The summed E-state index contributed by atoms with van der Waals surface area (Å²) in [5.41, 5.74) is 1.09. The standard InChI is InChI=1S/C14H18ClNO2/c15-12-4-5-13-14(18-8-7-17-13)11(12)9-10-3-1-2-6-16-10/h4-5,10,16H,1-3,6-9H2. The van der Waals surface area contributed by atoms with Gasteiger partial charge in [0.25, 0.3) is 0 Å². The zero-order valence-corrected chi connectivity index (χ0v) is 11.1. The van der Waals surface area contributed by atoms with Gasteiger partial charge in [-0.2, -0.15) is 0 Å². The molecule has 98 valence electrons. The van der Waals surface area contributed by atoms with E-state index in [1.54, 1.807) is 0 Å². The van der Waals surface area contributed by atoms with Crippen molar-refractivity contribution < 1.29 is 9.47 Å². The smallest absolute Gasteiger partial charge is 0.166 e. The van der Waals surface area contributed by atoms with Gasteiger partial charge < -0.3 is 14.8 Å². The van der Waals surface area contributed by atoms with Gasteiger partial charge >= 0.3 is 0 Å². The largest absolute Gasteiger partial charge is 0.486 e. The first-order valence-electron chi connectivity index (χ1n) is 6.65. The van der Waals surface area contributed by atoms with Gasteiger partial charge in [0.05, 0.1) is 0 Å². The predicted molar refractivity (Wildman–Crippen MR) is 71.8 cm³/mol. The van der Waals surface area contributed by atoms with Gasteiger partial charge in [0.2, 0.25) is 0 Å². The molecule has 2 aliphatic rings. The van der Waals surface area contributed by atoms with E-state index in [0.717, 1.165) is 35.1 Å². The fourth-order valence-corrected chi connectivity index (χ4v) is 2.91. The predicted octanol–water partition coefficient (Wildman–Crippen LogP) is 2.80. The molecule has 0 radical (unpaired) electrons. The van der Waals surface area contributed by atoms with Crippen LogP contribution in [0.2, 0.25) is 5.02 Å². The van der Waals surface area contributed by atoms with E-state index in [4.69, 9.17) is 21.1 Å². The Balaban J connectivity index is 1.85. The molecule has 1 aromatic rings. The molecule has 0 aromatic heterocycles. The van der Waals surface area contributed by atoms with Crippen LogP contribution in [0.3, 0.4) is 0 Å². The number of ether oxygens (including phenoxy) is 2. The Labute approximate surface area is 112 Å². The Morgan fingerprint density at radius 3 is 2.94 bits per heavy atom. The van der Waals surface area contributed by atoms with Gasteiger partial charge in [-0.1, -0.05) is 18.0 Å². The Bertz CT molecular complexity index is 430. The molecule has 1 unspecified atom stereocenters. The SMILES string of the molecule is Clc1ccc2c(c1CC1CCCCN1)OCCO2. The zero-order valence-electron chi connectivity index (χ0n) is 10.4. The van der Waals surface area contributed by atoms with Crippen LogP contribution in [0.4, 0.5) is 0 Å². The van der Waals surface area contributed by atoms with E-state index in [1.165, 1.54) is 19.3 Å². The lowest BCUT2D eigenvalue weighted by molar-refractivity contribution is 0.169. The summed E-state index contributed by atoms with van der Waals surface area (Å²) in [7, 11) is 0. The Hall–Kier alpha value is -0.930. The summed E-state index contributed by atoms with van der Waals surface area (Å²) in [6, 6.07) is 4.32. The Morgan fingerprint density at radius 2 is 2.11 bits per heavy atom. The first kappa shape index (κ1) is 12.1. The van der Waals surface area contributed by atoms with Crippen LogP contribution in [-0.4, -0.2) is 25.8 Å². The molecule has 1 N–H and O–H groups in total. The first-order chi connectivity index (χ1) is 8.84. The summed E-state index contributed by atoms with van der Waals surface area (Å²) < 4.78 is 11.3. The van der Waals surface area contributed by atoms with Crippen molar-refractivity contribution in [3.8, 4) is 11.5 Å². The van der Waals surface area contributed by atoms with Gasteiger partial charge in [0, 0.05) is 16.6 Å². The molecule has 3 nitrogen and oxygen atoms in total. The monoisotopic (exact) mass is 267 g/mol. The first-order valence-corrected chi connectivity index (χ1v) is 7.03. The number of hydrogen-bond acceptors (Lipinski definition) is 3. The fraction of sp³-hybridized carbons (Fsp3) is 0.571. The highest BCUT2D eigenvalue weighted by molar-refractivity contribution is 6.31. The maximum absolute atomic E-state index is 6.32. The van der Waals surface area contributed by atoms with E-state index in [1.807, 2.05) is 12.1 Å². The maximum atomic E-state index is 6.32. The van der Waals surface area contributed by atoms with Gasteiger partial charge in [-0.05, 0) is 37.9 Å². The normalized spacial score (nSPS) is 22.8. The number of nitrogens with one attached hydrogen (secondary N) is 1. The lowest BCUT2D eigenvalue weighted by Crippen LogP contribution is -2.35. The van der Waals surface area contributed by atoms with Crippen LogP contribution < -0.4 is 14.8 Å². The molecule has 2 heterocycles. The van der Waals surface area contributed by atoms with Crippen molar-refractivity contribution >= 4 is 11.6 Å². The highest BCUT2D eigenvalue weighted by atomic mass is 35.5. The van der Waals surface area contributed by atoms with E-state index in [-0.39, 0.29) is 0 Å². The molecule has 1 aromatic carbocycles. The van der Waals surface area contributed by atoms with Gasteiger partial charge in [0.1, 0.15) is 13.2 Å². The van der Waals surface area contributed by atoms with E-state index in [0.29, 0.717) is 19.3 Å². The minimum atomic E-state index is 0.508. The van der Waals surface area contributed by atoms with Crippen molar-refractivity contribution in [1.29, 1.82) is 0 Å². The topological polar surface area (TPSA) is 30.5 Å². The molecule has 18 heavy (non-hydrogen) atoms. The second kappa shape index (κ2) is 5.37. The molecule has 1 atom stereocenters. The van der Waals surface area contributed by atoms with E-state index < -0.39 is 0 Å². The molecule has 1 saturated heterocycles. The molecule has 3 rings (SSSR count). The zero-order chi connectivity index (χ0) is 12.4. The molecular formula is C14H18ClNO2. The third-order valence-corrected chi connectivity index (χ3v) is 3.97. The summed E-state index contributed by atoms with van der Waals surface area (Å²) in [5.74, 6) is 1.68. The van der Waals surface area contributed by atoms with E-state index >= 15 is 0 Å². The van der Waals surface area contributed by atoms with Crippen LogP contribution in [0.5, 0.6) is 11.5 Å². The number of hydrogen-bond donors (Lipinski definition) is 1. The van der Waals surface area contributed by atoms with E-state index in [2.05, 4.69) is 5.32 Å². The number of halogens is 1. The summed E-state index contributed by atoms with van der Waals surface area (Å²) >= 11 is 6.32. The van der Waals surface area contributed by atoms with Gasteiger partial charge in [-0.3, -0.25) is 0 Å². The van der Waals surface area contributed by atoms with Gasteiger partial charge in [-0.25, -0.2) is 0 Å². The van der Waals surface area contributed by atoms with Gasteiger partial charge in [0.15, 0.2) is 11.5 Å². The lowest BCUT2D eigenvalue weighted by Gasteiger charge is -2.27. The second-order valence-electron chi connectivity index (χ2n) is 4.90. The summed E-state index contributed by atoms with van der Waals surface area (Å²) in [6.07, 6.45) is 4.70. The maximum Gasteiger partial charge on any atom is 0.166 e. The Morgan fingerprint density at radius 1 is 1.22 bits per heavy atom. The highest BCUT2D eigenvalue weighted by Crippen LogP contribution is 2.39. The van der Waals surface area contributed by atoms with Crippen LogP contribution in [0.25, 0.3) is 0 Å². The molecule has 4 heteroatoms. The van der Waals surface area contributed by atoms with Crippen LogP contribution >= 0.6 is 11.6 Å². The van der Waals surface area contributed by atoms with Crippen LogP contribution in [-0.2, 0) is 6.42 Å². The van der Waals surface area contributed by atoms with Crippen LogP contribution in [0.1, 0.15) is 24.8 Å². The highest BCUT2D eigenvalue weighted by Gasteiger charge is 2.22. The molecule has 0 amide bonds. The molecule has 0 spiro atoms. The average Bonchev–Trinajstić information content (AvgIpc) is 2.43. The minimum Gasteiger partial charge on any atom is -0.486 e. The fourth-order valence-electron chi connectivity index (χ4n) is 2.68. The van der Waals surface area contributed by atoms with Crippen molar-refractivity contribution in [1.82, 2.24) is 5.32 Å². The van der Waals surface area contributed by atoms with Crippen molar-refractivity contribution in [3.63, 3.8) is 0 Å². The molecule has 0 bridgehead atoms. The summed E-state index contributed by atoms with van der Waals surface area (Å²) in [5, 5.41) is 4.33. The third kappa shape index (κ3) is 2.43. The lowest BCUT2D eigenvalue weighted by atomic mass is 9.97. The van der Waals surface area contributed by atoms with Crippen molar-refractivity contribution in [3.05, 3.63) is 22.7 Å². The van der Waals surface area contributed by atoms with Gasteiger partial charge in [-0.15, -0.1) is 0 Å². The molecule has 2 aliphatic heterocycles. The molecule has 1 fully saturated rings. The number of benzene rings is 1. The van der Waals surface area contributed by atoms with Crippen molar-refractivity contribution in [2.24, 2.45) is 0 Å². The minimum absolute atomic E-state index is 0.508. The Kier molecular flexibility index (Phi) is 3.62. The summed E-state index contributed by atoms with van der Waals surface area (Å²) in [6.45, 7) is 2.34. The van der Waals surface area contributed by atoms with Crippen molar-refractivity contribution in [2.45, 2.75) is 31.7 Å². The second-order valence-corrected chi connectivity index (χ2v) is 5.31.